The Balaban J connectivity index is 1.85. The molecule has 0 unspecified atom stereocenters. The van der Waals surface area contributed by atoms with Crippen molar-refractivity contribution in [3.63, 3.8) is 0 Å². The predicted octanol–water partition coefficient (Wildman–Crippen LogP) is 5.14. The number of hydrogen-bond donors (Lipinski definition) is 0. The van der Waals surface area contributed by atoms with Crippen molar-refractivity contribution < 1.29 is 13.2 Å². The topological polar surface area (TPSA) is 0 Å². The number of rotatable bonds is 3. The van der Waals surface area contributed by atoms with Gasteiger partial charge in [0.15, 0.2) is 0 Å². The van der Waals surface area contributed by atoms with E-state index in [1.54, 1.807) is 12.1 Å². The second-order valence-electron chi connectivity index (χ2n) is 6.93. The summed E-state index contributed by atoms with van der Waals surface area (Å²) in [5.74, 6) is -0.426. The van der Waals surface area contributed by atoms with E-state index < -0.39 is 17.5 Å². The molecule has 0 N–H and O–H groups in total. The lowest BCUT2D eigenvalue weighted by atomic mass is 9.79. The zero-order chi connectivity index (χ0) is 17.3. The molecule has 0 saturated heterocycles. The third kappa shape index (κ3) is 3.43. The van der Waals surface area contributed by atoms with Gasteiger partial charge < -0.3 is 0 Å². The molecule has 0 aromatic heterocycles. The van der Waals surface area contributed by atoms with E-state index in [2.05, 4.69) is 0 Å². The summed E-state index contributed by atoms with van der Waals surface area (Å²) in [4.78, 5) is 0. The molecule has 2 aromatic carbocycles. The minimum absolute atomic E-state index is 0.0356. The maximum Gasteiger partial charge on any atom is 0.131 e. The van der Waals surface area contributed by atoms with Crippen LogP contribution in [0, 0.1) is 30.3 Å². The third-order valence-corrected chi connectivity index (χ3v) is 6.64. The molecular weight excluding hydrogens is 325 g/mol. The van der Waals surface area contributed by atoms with Gasteiger partial charge in [0.2, 0.25) is 0 Å². The molecule has 1 fully saturated rings. The summed E-state index contributed by atoms with van der Waals surface area (Å²) in [7, 11) is 1.25. The molecule has 0 heterocycles. The second kappa shape index (κ2) is 7.14. The summed E-state index contributed by atoms with van der Waals surface area (Å²) in [5.41, 5.74) is 1.48. The SMILES string of the molecule is Cc1c(F)cc(-c2ccc(C3CCC(C[SiH3])CC3)cc2F)cc1F. The van der Waals surface area contributed by atoms with Crippen molar-refractivity contribution in [2.45, 2.75) is 44.6 Å². The molecule has 0 aliphatic heterocycles. The summed E-state index contributed by atoms with van der Waals surface area (Å²) in [5, 5.41) is 0. The lowest BCUT2D eigenvalue weighted by Crippen LogP contribution is -2.13. The van der Waals surface area contributed by atoms with Crippen LogP contribution in [0.5, 0.6) is 0 Å². The van der Waals surface area contributed by atoms with Crippen LogP contribution in [-0.4, -0.2) is 10.2 Å². The third-order valence-electron chi connectivity index (χ3n) is 5.48. The first kappa shape index (κ1) is 17.3. The van der Waals surface area contributed by atoms with Gasteiger partial charge in [-0.3, -0.25) is 0 Å². The normalized spacial score (nSPS) is 21.2. The van der Waals surface area contributed by atoms with Gasteiger partial charge in [0.25, 0.3) is 0 Å². The maximum atomic E-state index is 14.6. The molecule has 1 saturated carbocycles. The monoisotopic (exact) mass is 348 g/mol. The predicted molar refractivity (Wildman–Crippen MR) is 95.9 cm³/mol. The Labute approximate surface area is 144 Å². The summed E-state index contributed by atoms with van der Waals surface area (Å²) < 4.78 is 42.0. The molecule has 1 aliphatic carbocycles. The van der Waals surface area contributed by atoms with Gasteiger partial charge in [-0.1, -0.05) is 31.0 Å². The molecule has 0 bridgehead atoms. The highest BCUT2D eigenvalue weighted by Gasteiger charge is 2.22. The summed E-state index contributed by atoms with van der Waals surface area (Å²) in [6, 6.07) is 8.88. The Morgan fingerprint density at radius 1 is 0.917 bits per heavy atom. The molecule has 1 aliphatic rings. The van der Waals surface area contributed by atoms with E-state index in [-0.39, 0.29) is 16.7 Å². The number of benzene rings is 2. The molecule has 4 heteroatoms. The van der Waals surface area contributed by atoms with E-state index in [9.17, 15) is 13.2 Å². The smallest absolute Gasteiger partial charge is 0.131 e. The first-order valence-corrected chi connectivity index (χ1v) is 10.2. The van der Waals surface area contributed by atoms with Crippen LogP contribution in [0.15, 0.2) is 30.3 Å². The van der Waals surface area contributed by atoms with Crippen molar-refractivity contribution in [1.82, 2.24) is 0 Å². The molecular formula is C20H23F3Si. The molecule has 0 radical (unpaired) electrons. The fraction of sp³-hybridized carbons (Fsp3) is 0.400. The number of halogens is 3. The Bertz CT molecular complexity index is 711. The van der Waals surface area contributed by atoms with Crippen molar-refractivity contribution in [2.75, 3.05) is 0 Å². The fourth-order valence-corrected chi connectivity index (χ4v) is 4.54. The van der Waals surface area contributed by atoms with Crippen LogP contribution in [-0.2, 0) is 0 Å². The van der Waals surface area contributed by atoms with Crippen molar-refractivity contribution in [1.29, 1.82) is 0 Å². The summed E-state index contributed by atoms with van der Waals surface area (Å²) >= 11 is 0. The molecule has 0 nitrogen and oxygen atoms in total. The van der Waals surface area contributed by atoms with Gasteiger partial charge in [-0.15, -0.1) is 0 Å². The fourth-order valence-electron chi connectivity index (χ4n) is 3.72. The number of hydrogen-bond acceptors (Lipinski definition) is 0. The van der Waals surface area contributed by atoms with Crippen LogP contribution in [0.2, 0.25) is 6.04 Å². The Morgan fingerprint density at radius 3 is 2.08 bits per heavy atom. The van der Waals surface area contributed by atoms with Crippen LogP contribution in [0.1, 0.15) is 42.7 Å². The van der Waals surface area contributed by atoms with E-state index >= 15 is 0 Å². The Hall–Kier alpha value is -1.55. The lowest BCUT2D eigenvalue weighted by Gasteiger charge is -2.28. The van der Waals surface area contributed by atoms with E-state index in [0.29, 0.717) is 5.92 Å². The van der Waals surface area contributed by atoms with E-state index in [1.165, 1.54) is 48.2 Å². The van der Waals surface area contributed by atoms with Gasteiger partial charge in [-0.05, 0) is 60.9 Å². The zero-order valence-electron chi connectivity index (χ0n) is 14.2. The maximum absolute atomic E-state index is 14.6. The summed E-state index contributed by atoms with van der Waals surface area (Å²) in [6.07, 6.45) is 4.68. The lowest BCUT2D eigenvalue weighted by molar-refractivity contribution is 0.347. The van der Waals surface area contributed by atoms with E-state index in [0.717, 1.165) is 24.3 Å². The standard InChI is InChI=1S/C20H23F3Si/c1-12-18(21)9-16(10-19(12)22)17-7-6-15(8-20(17)23)14-4-2-13(11-24)3-5-14/h6-10,13-14H,2-5,11H2,1,24H3. The first-order chi connectivity index (χ1) is 11.5. The largest absolute Gasteiger partial charge is 0.207 e. The van der Waals surface area contributed by atoms with Crippen molar-refractivity contribution in [3.05, 3.63) is 58.9 Å². The molecule has 0 atom stereocenters. The van der Waals surface area contributed by atoms with Crippen LogP contribution in [0.25, 0.3) is 11.1 Å². The van der Waals surface area contributed by atoms with Gasteiger partial charge in [-0.25, -0.2) is 13.2 Å². The molecule has 24 heavy (non-hydrogen) atoms. The second-order valence-corrected chi connectivity index (χ2v) is 7.75. The minimum atomic E-state index is -0.644. The van der Waals surface area contributed by atoms with E-state index in [4.69, 9.17) is 0 Å². The van der Waals surface area contributed by atoms with Crippen LogP contribution < -0.4 is 0 Å². The average Bonchev–Trinajstić information content (AvgIpc) is 2.59. The molecule has 0 spiro atoms. The van der Waals surface area contributed by atoms with E-state index in [1.807, 2.05) is 6.07 Å². The summed E-state index contributed by atoms with van der Waals surface area (Å²) in [6.45, 7) is 1.38. The molecule has 128 valence electrons. The Morgan fingerprint density at radius 2 is 1.54 bits per heavy atom. The highest BCUT2D eigenvalue weighted by atomic mass is 28.1. The minimum Gasteiger partial charge on any atom is -0.207 e. The van der Waals surface area contributed by atoms with Gasteiger partial charge in [-0.2, -0.15) is 0 Å². The van der Waals surface area contributed by atoms with Gasteiger partial charge in [0, 0.05) is 21.4 Å². The van der Waals surface area contributed by atoms with Crippen molar-refractivity contribution in [3.8, 4) is 11.1 Å². The molecule has 2 aromatic rings. The van der Waals surface area contributed by atoms with Gasteiger partial charge >= 0.3 is 0 Å². The average molecular weight is 348 g/mol. The molecule has 0 amide bonds. The quantitative estimate of drug-likeness (QED) is 0.674. The Kier molecular flexibility index (Phi) is 5.14. The zero-order valence-corrected chi connectivity index (χ0v) is 16.2. The highest BCUT2D eigenvalue weighted by Crippen LogP contribution is 2.38. The molecule has 3 rings (SSSR count). The van der Waals surface area contributed by atoms with Gasteiger partial charge in [0.05, 0.1) is 0 Å². The van der Waals surface area contributed by atoms with Gasteiger partial charge in [0.1, 0.15) is 17.5 Å². The van der Waals surface area contributed by atoms with Crippen LogP contribution in [0.3, 0.4) is 0 Å². The van der Waals surface area contributed by atoms with Crippen molar-refractivity contribution in [2.24, 2.45) is 5.92 Å². The van der Waals surface area contributed by atoms with Crippen LogP contribution >= 0.6 is 0 Å². The highest BCUT2D eigenvalue weighted by molar-refractivity contribution is 6.08. The van der Waals surface area contributed by atoms with Crippen LogP contribution in [0.4, 0.5) is 13.2 Å². The first-order valence-electron chi connectivity index (χ1n) is 8.75. The van der Waals surface area contributed by atoms with Crippen molar-refractivity contribution >= 4 is 10.2 Å².